The van der Waals surface area contributed by atoms with Gasteiger partial charge in [-0.15, -0.1) is 11.3 Å². The number of nitrogens with one attached hydrogen (secondary N) is 1. The highest BCUT2D eigenvalue weighted by atomic mass is 32.1. The van der Waals surface area contributed by atoms with Crippen molar-refractivity contribution in [2.24, 2.45) is 5.10 Å². The summed E-state index contributed by atoms with van der Waals surface area (Å²) < 4.78 is 0. The van der Waals surface area contributed by atoms with Crippen molar-refractivity contribution in [3.8, 4) is 0 Å². The summed E-state index contributed by atoms with van der Waals surface area (Å²) in [6.45, 7) is 3.70. The first-order chi connectivity index (χ1) is 9.97. The van der Waals surface area contributed by atoms with Gasteiger partial charge < -0.3 is 4.90 Å². The molecule has 0 fully saturated rings. The maximum Gasteiger partial charge on any atom is 0.283 e. The number of anilines is 1. The van der Waals surface area contributed by atoms with Crippen LogP contribution >= 0.6 is 11.3 Å². The summed E-state index contributed by atoms with van der Waals surface area (Å²) in [4.78, 5) is 18.8. The van der Waals surface area contributed by atoms with Crippen molar-refractivity contribution in [3.63, 3.8) is 0 Å². The van der Waals surface area contributed by atoms with E-state index in [1.165, 1.54) is 11.3 Å². The molecule has 21 heavy (non-hydrogen) atoms. The van der Waals surface area contributed by atoms with Crippen molar-refractivity contribution >= 4 is 29.1 Å². The highest BCUT2D eigenvalue weighted by Gasteiger charge is 2.12. The van der Waals surface area contributed by atoms with Gasteiger partial charge in [-0.05, 0) is 31.5 Å². The van der Waals surface area contributed by atoms with Gasteiger partial charge in [0.15, 0.2) is 0 Å². The van der Waals surface area contributed by atoms with Crippen molar-refractivity contribution in [1.29, 1.82) is 0 Å². The Labute approximate surface area is 128 Å². The molecular weight excluding hydrogens is 284 g/mol. The van der Waals surface area contributed by atoms with Crippen LogP contribution in [0.4, 0.5) is 5.69 Å². The van der Waals surface area contributed by atoms with E-state index < -0.39 is 0 Å². The molecule has 0 bridgehead atoms. The zero-order valence-electron chi connectivity index (χ0n) is 12.5. The summed E-state index contributed by atoms with van der Waals surface area (Å²) in [6.07, 6.45) is 1.63. The Kier molecular flexibility index (Phi) is 4.70. The first-order valence-corrected chi connectivity index (χ1v) is 7.34. The molecule has 1 N–H and O–H groups in total. The van der Waals surface area contributed by atoms with Crippen LogP contribution < -0.4 is 10.3 Å². The average Bonchev–Trinajstić information content (AvgIpc) is 2.78. The van der Waals surface area contributed by atoms with Gasteiger partial charge in [-0.1, -0.05) is 12.1 Å². The predicted molar refractivity (Wildman–Crippen MR) is 87.4 cm³/mol. The first kappa shape index (κ1) is 15.2. The lowest BCUT2D eigenvalue weighted by Crippen LogP contribution is -2.17. The molecule has 1 aromatic carbocycles. The standard InChI is InChI=1S/C15H18N4OS/c1-10-14(21-11(2)17-10)15(20)18-16-9-12-5-7-13(8-6-12)19(3)4/h5-9H,1-4H3,(H,18,20)/b16-9+. The molecule has 0 saturated heterocycles. The lowest BCUT2D eigenvalue weighted by molar-refractivity contribution is 0.0958. The number of aromatic nitrogens is 1. The number of hydrazone groups is 1. The van der Waals surface area contributed by atoms with Gasteiger partial charge in [0.05, 0.1) is 16.9 Å². The number of nitrogens with zero attached hydrogens (tertiary/aromatic N) is 3. The number of carbonyl (C=O) groups is 1. The molecule has 0 atom stereocenters. The smallest absolute Gasteiger partial charge is 0.283 e. The van der Waals surface area contributed by atoms with Gasteiger partial charge in [0.1, 0.15) is 4.88 Å². The van der Waals surface area contributed by atoms with Crippen LogP contribution in [0, 0.1) is 13.8 Å². The molecule has 2 aromatic rings. The Hall–Kier alpha value is -2.21. The molecule has 0 radical (unpaired) electrons. The lowest BCUT2D eigenvalue weighted by atomic mass is 10.2. The third-order valence-corrected chi connectivity index (χ3v) is 3.97. The topological polar surface area (TPSA) is 57.6 Å². The minimum Gasteiger partial charge on any atom is -0.378 e. The third kappa shape index (κ3) is 3.88. The van der Waals surface area contributed by atoms with E-state index in [-0.39, 0.29) is 5.91 Å². The SMILES string of the molecule is Cc1nc(C)c(C(=O)N/N=C/c2ccc(N(C)C)cc2)s1. The van der Waals surface area contributed by atoms with Gasteiger partial charge in [-0.2, -0.15) is 5.10 Å². The Bertz CT molecular complexity index is 659. The second kappa shape index (κ2) is 6.49. The van der Waals surface area contributed by atoms with Crippen LogP contribution in [0.1, 0.15) is 25.9 Å². The van der Waals surface area contributed by atoms with Gasteiger partial charge >= 0.3 is 0 Å². The molecule has 0 aliphatic heterocycles. The minimum atomic E-state index is -0.223. The maximum absolute atomic E-state index is 12.0. The van der Waals surface area contributed by atoms with Gasteiger partial charge in [0.25, 0.3) is 5.91 Å². The summed E-state index contributed by atoms with van der Waals surface area (Å²) in [7, 11) is 3.98. The van der Waals surface area contributed by atoms with Crippen LogP contribution in [-0.2, 0) is 0 Å². The monoisotopic (exact) mass is 302 g/mol. The number of hydrogen-bond donors (Lipinski definition) is 1. The van der Waals surface area contributed by atoms with Crippen molar-refractivity contribution in [2.75, 3.05) is 19.0 Å². The van der Waals surface area contributed by atoms with E-state index in [2.05, 4.69) is 15.5 Å². The first-order valence-electron chi connectivity index (χ1n) is 6.52. The van der Waals surface area contributed by atoms with E-state index in [1.54, 1.807) is 6.21 Å². The second-order valence-corrected chi connectivity index (χ2v) is 6.04. The molecule has 0 spiro atoms. The summed E-state index contributed by atoms with van der Waals surface area (Å²) in [5.41, 5.74) is 5.31. The summed E-state index contributed by atoms with van der Waals surface area (Å²) >= 11 is 1.37. The van der Waals surface area contributed by atoms with Crippen molar-refractivity contribution < 1.29 is 4.79 Å². The number of amides is 1. The van der Waals surface area contributed by atoms with Crippen LogP contribution in [0.5, 0.6) is 0 Å². The average molecular weight is 302 g/mol. The normalized spacial score (nSPS) is 10.9. The molecule has 5 nitrogen and oxygen atoms in total. The van der Waals surface area contributed by atoms with Crippen LogP contribution in [0.3, 0.4) is 0 Å². The highest BCUT2D eigenvalue weighted by molar-refractivity contribution is 7.13. The van der Waals surface area contributed by atoms with E-state index in [1.807, 2.05) is 57.1 Å². The quantitative estimate of drug-likeness (QED) is 0.697. The van der Waals surface area contributed by atoms with Crippen molar-refractivity contribution in [1.82, 2.24) is 10.4 Å². The van der Waals surface area contributed by atoms with E-state index in [9.17, 15) is 4.79 Å². The molecule has 0 aliphatic rings. The van der Waals surface area contributed by atoms with Gasteiger partial charge in [-0.3, -0.25) is 4.79 Å². The molecule has 2 rings (SSSR count). The van der Waals surface area contributed by atoms with Gasteiger partial charge in [0.2, 0.25) is 0 Å². The van der Waals surface area contributed by atoms with E-state index in [0.29, 0.717) is 4.88 Å². The highest BCUT2D eigenvalue weighted by Crippen LogP contribution is 2.16. The Morgan fingerprint density at radius 2 is 1.95 bits per heavy atom. The number of benzene rings is 1. The Balaban J connectivity index is 1.99. The van der Waals surface area contributed by atoms with Crippen LogP contribution in [0.2, 0.25) is 0 Å². The van der Waals surface area contributed by atoms with Crippen LogP contribution in [0.15, 0.2) is 29.4 Å². The van der Waals surface area contributed by atoms with Gasteiger partial charge in [0, 0.05) is 19.8 Å². The number of rotatable bonds is 4. The van der Waals surface area contributed by atoms with E-state index >= 15 is 0 Å². The molecule has 1 amide bonds. The molecule has 0 aliphatic carbocycles. The third-order valence-electron chi connectivity index (χ3n) is 2.90. The predicted octanol–water partition coefficient (Wildman–Crippen LogP) is 2.59. The molecular formula is C15H18N4OS. The zero-order chi connectivity index (χ0) is 15.4. The molecule has 1 aromatic heterocycles. The van der Waals surface area contributed by atoms with Gasteiger partial charge in [-0.25, -0.2) is 10.4 Å². The zero-order valence-corrected chi connectivity index (χ0v) is 13.4. The van der Waals surface area contributed by atoms with Crippen molar-refractivity contribution in [2.45, 2.75) is 13.8 Å². The number of hydrogen-bond acceptors (Lipinski definition) is 5. The number of carbonyl (C=O) groups excluding carboxylic acids is 1. The fraction of sp³-hybridized carbons (Fsp3) is 0.267. The minimum absolute atomic E-state index is 0.223. The van der Waals surface area contributed by atoms with E-state index in [4.69, 9.17) is 0 Å². The van der Waals surface area contributed by atoms with E-state index in [0.717, 1.165) is 22.0 Å². The Morgan fingerprint density at radius 1 is 1.29 bits per heavy atom. The molecule has 6 heteroatoms. The van der Waals surface area contributed by atoms with Crippen LogP contribution in [0.25, 0.3) is 0 Å². The van der Waals surface area contributed by atoms with Crippen molar-refractivity contribution in [3.05, 3.63) is 45.4 Å². The fourth-order valence-electron chi connectivity index (χ4n) is 1.82. The van der Waals surface area contributed by atoms with Crippen LogP contribution in [-0.4, -0.2) is 31.2 Å². The summed E-state index contributed by atoms with van der Waals surface area (Å²) in [5.74, 6) is -0.223. The maximum atomic E-state index is 12.0. The number of aryl methyl sites for hydroxylation is 2. The Morgan fingerprint density at radius 3 is 2.48 bits per heavy atom. The summed E-state index contributed by atoms with van der Waals surface area (Å²) in [6, 6.07) is 7.90. The molecule has 0 unspecified atom stereocenters. The number of thiazole rings is 1. The molecule has 110 valence electrons. The molecule has 1 heterocycles. The fourth-order valence-corrected chi connectivity index (χ4v) is 2.63. The summed E-state index contributed by atoms with van der Waals surface area (Å²) in [5, 5.41) is 4.86. The largest absolute Gasteiger partial charge is 0.378 e. The molecule has 0 saturated carbocycles. The lowest BCUT2D eigenvalue weighted by Gasteiger charge is -2.11. The second-order valence-electron chi connectivity index (χ2n) is 4.83.